The molecule has 6 unspecified atom stereocenters. The minimum absolute atomic E-state index is 0.131. The van der Waals surface area contributed by atoms with Gasteiger partial charge in [-0.3, -0.25) is 10.1 Å². The molecule has 0 spiro atoms. The van der Waals surface area contributed by atoms with Crippen molar-refractivity contribution in [3.63, 3.8) is 0 Å². The van der Waals surface area contributed by atoms with E-state index in [1.165, 1.54) is 19.3 Å². The maximum atomic E-state index is 11.3. The lowest BCUT2D eigenvalue weighted by molar-refractivity contribution is -0.140. The number of hydrogen-bond acceptors (Lipinski definition) is 4. The van der Waals surface area contributed by atoms with Crippen molar-refractivity contribution in [1.82, 2.24) is 16.2 Å². The van der Waals surface area contributed by atoms with Crippen LogP contribution < -0.4 is 16.2 Å². The second-order valence-corrected chi connectivity index (χ2v) is 6.41. The van der Waals surface area contributed by atoms with Crippen LogP contribution in [0, 0.1) is 23.7 Å². The topological polar surface area (TPSA) is 73.4 Å². The van der Waals surface area contributed by atoms with Crippen LogP contribution in [0.15, 0.2) is 0 Å². The van der Waals surface area contributed by atoms with Gasteiger partial charge in [-0.05, 0) is 37.0 Å². The minimum atomic E-state index is -0.732. The zero-order chi connectivity index (χ0) is 12.9. The van der Waals surface area contributed by atoms with Gasteiger partial charge in [0.25, 0.3) is 0 Å². The second-order valence-electron chi connectivity index (χ2n) is 6.41. The largest absolute Gasteiger partial charge is 0.480 e. The van der Waals surface area contributed by atoms with Gasteiger partial charge in [0.15, 0.2) is 0 Å². The van der Waals surface area contributed by atoms with E-state index < -0.39 is 12.0 Å². The lowest BCUT2D eigenvalue weighted by atomic mass is 9.70. The van der Waals surface area contributed by atoms with Gasteiger partial charge in [0.05, 0.1) is 6.17 Å². The molecule has 0 amide bonds. The molecule has 2 heterocycles. The van der Waals surface area contributed by atoms with Crippen molar-refractivity contribution < 1.29 is 9.90 Å². The van der Waals surface area contributed by atoms with E-state index >= 15 is 0 Å². The van der Waals surface area contributed by atoms with Gasteiger partial charge in [0.2, 0.25) is 0 Å². The Morgan fingerprint density at radius 1 is 1.28 bits per heavy atom. The number of carboxylic acids is 1. The molecule has 0 aromatic heterocycles. The molecular weight excluding hydrogens is 230 g/mol. The number of hydrazine groups is 1. The summed E-state index contributed by atoms with van der Waals surface area (Å²) in [7, 11) is 0. The number of carboxylic acid groups (broad SMARTS) is 1. The van der Waals surface area contributed by atoms with Gasteiger partial charge in [-0.25, -0.2) is 10.9 Å². The summed E-state index contributed by atoms with van der Waals surface area (Å²) in [4.78, 5) is 11.3. The highest BCUT2D eigenvalue weighted by molar-refractivity contribution is 5.74. The van der Waals surface area contributed by atoms with Crippen molar-refractivity contribution in [1.29, 1.82) is 0 Å². The predicted molar refractivity (Wildman–Crippen MR) is 67.6 cm³/mol. The van der Waals surface area contributed by atoms with Crippen LogP contribution >= 0.6 is 0 Å². The summed E-state index contributed by atoms with van der Waals surface area (Å²) in [5, 5.41) is 12.9. The van der Waals surface area contributed by atoms with E-state index in [0.717, 1.165) is 5.92 Å². The van der Waals surface area contributed by atoms with Crippen molar-refractivity contribution in [3.8, 4) is 0 Å². The first-order valence-electron chi connectivity index (χ1n) is 7.08. The molecule has 2 saturated heterocycles. The smallest absolute Gasteiger partial charge is 0.322 e. The Kier molecular flexibility index (Phi) is 3.08. The van der Waals surface area contributed by atoms with Crippen molar-refractivity contribution in [2.45, 2.75) is 51.4 Å². The Hall–Kier alpha value is -0.650. The summed E-state index contributed by atoms with van der Waals surface area (Å²) in [6.07, 6.45) is 3.77. The number of hydrogen-bond donors (Lipinski definition) is 4. The van der Waals surface area contributed by atoms with E-state index in [2.05, 4.69) is 30.0 Å². The van der Waals surface area contributed by atoms with Gasteiger partial charge in [0, 0.05) is 12.0 Å². The fourth-order valence-electron chi connectivity index (χ4n) is 4.15. The third-order valence-electron chi connectivity index (χ3n) is 5.20. The van der Waals surface area contributed by atoms with E-state index in [9.17, 15) is 9.90 Å². The fraction of sp³-hybridized carbons (Fsp3) is 0.923. The molecule has 3 rings (SSSR count). The molecule has 102 valence electrons. The van der Waals surface area contributed by atoms with Crippen LogP contribution in [0.1, 0.15) is 33.1 Å². The number of nitrogens with one attached hydrogen (secondary N) is 3. The number of carbonyl (C=O) groups is 1. The quantitative estimate of drug-likeness (QED) is 0.578. The monoisotopic (exact) mass is 253 g/mol. The molecule has 3 aliphatic rings. The zero-order valence-corrected chi connectivity index (χ0v) is 11.0. The Bertz CT molecular complexity index is 347. The third-order valence-corrected chi connectivity index (χ3v) is 5.20. The normalized spacial score (nSPS) is 47.1. The van der Waals surface area contributed by atoms with E-state index in [4.69, 9.17) is 0 Å². The lowest BCUT2D eigenvalue weighted by Crippen LogP contribution is -2.47. The molecule has 6 atom stereocenters. The van der Waals surface area contributed by atoms with Crippen molar-refractivity contribution in [2.75, 3.05) is 0 Å². The first-order valence-corrected chi connectivity index (χ1v) is 7.08. The third kappa shape index (κ3) is 1.85. The first-order chi connectivity index (χ1) is 8.58. The zero-order valence-electron chi connectivity index (χ0n) is 11.0. The summed E-state index contributed by atoms with van der Waals surface area (Å²) in [6.45, 7) is 4.56. The van der Waals surface area contributed by atoms with Crippen LogP contribution in [0.5, 0.6) is 0 Å². The Labute approximate surface area is 108 Å². The van der Waals surface area contributed by atoms with Crippen molar-refractivity contribution in [2.24, 2.45) is 23.7 Å². The van der Waals surface area contributed by atoms with Crippen LogP contribution in [-0.4, -0.2) is 29.3 Å². The standard InChI is InChI=1S/C13H23N3O2/c1-6(2)7-3-4-9-8(5-7)10-11(13(17)18)15-16-12(10)14-9/h6-12,14-16H,3-5H2,1-2H3,(H,17,18). The Balaban J connectivity index is 1.77. The molecule has 18 heavy (non-hydrogen) atoms. The molecular formula is C13H23N3O2. The van der Waals surface area contributed by atoms with Crippen molar-refractivity contribution in [3.05, 3.63) is 0 Å². The molecule has 1 saturated carbocycles. The van der Waals surface area contributed by atoms with Crippen LogP contribution in [0.3, 0.4) is 0 Å². The molecule has 3 fully saturated rings. The van der Waals surface area contributed by atoms with E-state index in [1.54, 1.807) is 0 Å². The number of aliphatic carboxylic acids is 1. The first kappa shape index (κ1) is 12.4. The van der Waals surface area contributed by atoms with Crippen molar-refractivity contribution >= 4 is 5.97 Å². The SMILES string of the molecule is CC(C)C1CCC2NC3NNC(C(=O)O)C3C2C1. The molecule has 5 nitrogen and oxygen atoms in total. The summed E-state index contributed by atoms with van der Waals surface area (Å²) < 4.78 is 0. The second kappa shape index (κ2) is 4.47. The summed E-state index contributed by atoms with van der Waals surface area (Å²) in [5.41, 5.74) is 6.03. The van der Waals surface area contributed by atoms with Crippen LogP contribution in [0.25, 0.3) is 0 Å². The Morgan fingerprint density at radius 2 is 2.06 bits per heavy atom. The summed E-state index contributed by atoms with van der Waals surface area (Å²) >= 11 is 0. The van der Waals surface area contributed by atoms with Gasteiger partial charge in [-0.15, -0.1) is 0 Å². The van der Waals surface area contributed by atoms with Gasteiger partial charge < -0.3 is 5.11 Å². The van der Waals surface area contributed by atoms with E-state index in [0.29, 0.717) is 17.9 Å². The maximum Gasteiger partial charge on any atom is 0.322 e. The maximum absolute atomic E-state index is 11.3. The molecule has 0 aromatic rings. The molecule has 4 N–H and O–H groups in total. The van der Waals surface area contributed by atoms with Gasteiger partial charge in [-0.1, -0.05) is 13.8 Å². The molecule has 0 radical (unpaired) electrons. The highest BCUT2D eigenvalue weighted by atomic mass is 16.4. The summed E-state index contributed by atoms with van der Waals surface area (Å²) in [5.74, 6) is 1.41. The molecule has 0 bridgehead atoms. The molecule has 0 aromatic carbocycles. The van der Waals surface area contributed by atoms with E-state index in [1.807, 2.05) is 0 Å². The minimum Gasteiger partial charge on any atom is -0.480 e. The number of rotatable bonds is 2. The number of fused-ring (bicyclic) bond motifs is 3. The molecule has 1 aliphatic carbocycles. The van der Waals surface area contributed by atoms with Gasteiger partial charge in [-0.2, -0.15) is 0 Å². The van der Waals surface area contributed by atoms with E-state index in [-0.39, 0.29) is 12.1 Å². The Morgan fingerprint density at radius 3 is 2.72 bits per heavy atom. The average molecular weight is 253 g/mol. The predicted octanol–water partition coefficient (Wildman–Crippen LogP) is 0.534. The fourth-order valence-corrected chi connectivity index (χ4v) is 4.15. The van der Waals surface area contributed by atoms with Crippen LogP contribution in [-0.2, 0) is 4.79 Å². The van der Waals surface area contributed by atoms with Gasteiger partial charge in [0.1, 0.15) is 6.04 Å². The van der Waals surface area contributed by atoms with Crippen LogP contribution in [0.2, 0.25) is 0 Å². The molecule has 2 aliphatic heterocycles. The highest BCUT2D eigenvalue weighted by Crippen LogP contribution is 2.44. The molecule has 5 heteroatoms. The lowest BCUT2D eigenvalue weighted by Gasteiger charge is -2.36. The summed E-state index contributed by atoms with van der Waals surface area (Å²) in [6, 6.07) is 0.0647. The van der Waals surface area contributed by atoms with Gasteiger partial charge >= 0.3 is 5.97 Å². The average Bonchev–Trinajstić information content (AvgIpc) is 2.85. The highest BCUT2D eigenvalue weighted by Gasteiger charge is 2.54. The van der Waals surface area contributed by atoms with Crippen LogP contribution in [0.4, 0.5) is 0 Å².